The number of anilines is 1. The molecule has 3 aliphatic rings. The lowest BCUT2D eigenvalue weighted by Gasteiger charge is -2.28. The van der Waals surface area contributed by atoms with Crippen molar-refractivity contribution in [3.8, 4) is 0 Å². The Bertz CT molecular complexity index is 1050. The monoisotopic (exact) mass is 453 g/mol. The van der Waals surface area contributed by atoms with Crippen molar-refractivity contribution in [3.05, 3.63) is 29.3 Å². The first-order chi connectivity index (χ1) is 15.9. The van der Waals surface area contributed by atoms with Gasteiger partial charge >= 0.3 is 0 Å². The number of hydrazone groups is 1. The lowest BCUT2D eigenvalue weighted by Crippen LogP contribution is -2.54. The van der Waals surface area contributed by atoms with E-state index in [-0.39, 0.29) is 30.5 Å². The number of hydrogen-bond acceptors (Lipinski definition) is 9. The second-order valence-electron chi connectivity index (χ2n) is 8.41. The number of aliphatic imine (C=N–C) groups is 1. The fourth-order valence-electron chi connectivity index (χ4n) is 4.46. The zero-order chi connectivity index (χ0) is 23.5. The SMILES string of the molecule is CN(CC(C=NC[C@@H]1CCCN1)=NN)c1cccc2c1C(=O)N(C1CCC(=O)NC1=O)C2=O. The van der Waals surface area contributed by atoms with Crippen LogP contribution < -0.4 is 21.4 Å². The molecule has 33 heavy (non-hydrogen) atoms. The Balaban J connectivity index is 1.51. The third-order valence-corrected chi connectivity index (χ3v) is 6.15. The summed E-state index contributed by atoms with van der Waals surface area (Å²) in [6.07, 6.45) is 4.04. The summed E-state index contributed by atoms with van der Waals surface area (Å²) in [5.41, 5.74) is 1.49. The van der Waals surface area contributed by atoms with Gasteiger partial charge in [0.2, 0.25) is 11.8 Å². The summed E-state index contributed by atoms with van der Waals surface area (Å²) in [6, 6.07) is 4.32. The highest BCUT2D eigenvalue weighted by atomic mass is 16.2. The number of amides is 4. The lowest BCUT2D eigenvalue weighted by atomic mass is 10.0. The van der Waals surface area contributed by atoms with Crippen molar-refractivity contribution in [2.24, 2.45) is 15.9 Å². The molecule has 0 saturated carbocycles. The van der Waals surface area contributed by atoms with Gasteiger partial charge in [-0.05, 0) is 37.9 Å². The molecule has 11 heteroatoms. The van der Waals surface area contributed by atoms with Crippen LogP contribution in [0.3, 0.4) is 0 Å². The molecule has 11 nitrogen and oxygen atoms in total. The maximum atomic E-state index is 13.3. The van der Waals surface area contributed by atoms with Crippen LogP contribution in [-0.2, 0) is 9.59 Å². The number of imide groups is 2. The molecule has 3 heterocycles. The van der Waals surface area contributed by atoms with E-state index in [2.05, 4.69) is 20.7 Å². The quantitative estimate of drug-likeness (QED) is 0.221. The maximum Gasteiger partial charge on any atom is 0.264 e. The summed E-state index contributed by atoms with van der Waals surface area (Å²) in [5.74, 6) is 3.41. The highest BCUT2D eigenvalue weighted by molar-refractivity contribution is 6.32. The molecule has 2 saturated heterocycles. The second-order valence-corrected chi connectivity index (χ2v) is 8.41. The molecule has 0 bridgehead atoms. The average Bonchev–Trinajstić information content (AvgIpc) is 3.40. The number of nitrogens with two attached hydrogens (primary N) is 1. The molecular weight excluding hydrogens is 426 g/mol. The fraction of sp³-hybridized carbons (Fsp3) is 0.455. The molecule has 4 rings (SSSR count). The van der Waals surface area contributed by atoms with Crippen LogP contribution in [0, 0.1) is 0 Å². The van der Waals surface area contributed by atoms with Gasteiger partial charge in [0.1, 0.15) is 6.04 Å². The maximum absolute atomic E-state index is 13.3. The molecule has 0 aliphatic carbocycles. The van der Waals surface area contributed by atoms with E-state index < -0.39 is 29.7 Å². The molecule has 1 aromatic rings. The van der Waals surface area contributed by atoms with Gasteiger partial charge in [0.25, 0.3) is 11.8 Å². The van der Waals surface area contributed by atoms with E-state index in [0.717, 1.165) is 24.3 Å². The highest BCUT2D eigenvalue weighted by Crippen LogP contribution is 2.33. The Labute approximate surface area is 191 Å². The van der Waals surface area contributed by atoms with Gasteiger partial charge in [0.05, 0.1) is 35.6 Å². The number of fused-ring (bicyclic) bond motifs is 1. The highest BCUT2D eigenvalue weighted by Gasteiger charge is 2.45. The molecule has 0 spiro atoms. The van der Waals surface area contributed by atoms with E-state index >= 15 is 0 Å². The summed E-state index contributed by atoms with van der Waals surface area (Å²) >= 11 is 0. The first-order valence-electron chi connectivity index (χ1n) is 11.0. The Morgan fingerprint density at radius 1 is 1.24 bits per heavy atom. The fourth-order valence-corrected chi connectivity index (χ4v) is 4.46. The van der Waals surface area contributed by atoms with Crippen molar-refractivity contribution in [1.29, 1.82) is 0 Å². The van der Waals surface area contributed by atoms with Crippen LogP contribution in [0.4, 0.5) is 5.69 Å². The van der Waals surface area contributed by atoms with Crippen LogP contribution in [0.5, 0.6) is 0 Å². The number of nitrogens with zero attached hydrogens (tertiary/aromatic N) is 4. The minimum absolute atomic E-state index is 0.0720. The van der Waals surface area contributed by atoms with Crippen molar-refractivity contribution in [2.75, 3.05) is 31.6 Å². The molecule has 0 radical (unpaired) electrons. The van der Waals surface area contributed by atoms with Gasteiger partial charge < -0.3 is 16.1 Å². The normalized spacial score (nSPS) is 23.4. The first-order valence-corrected chi connectivity index (χ1v) is 11.0. The van der Waals surface area contributed by atoms with Crippen LogP contribution in [0.1, 0.15) is 46.4 Å². The number of carbonyl (C=O) groups is 4. The van der Waals surface area contributed by atoms with Crippen LogP contribution in [0.2, 0.25) is 0 Å². The number of rotatable bonds is 7. The van der Waals surface area contributed by atoms with Gasteiger partial charge in [0, 0.05) is 25.7 Å². The first kappa shape index (κ1) is 22.6. The summed E-state index contributed by atoms with van der Waals surface area (Å²) in [6.45, 7) is 1.91. The molecule has 4 amide bonds. The summed E-state index contributed by atoms with van der Waals surface area (Å²) in [5, 5.41) is 9.38. The molecule has 4 N–H and O–H groups in total. The average molecular weight is 454 g/mol. The zero-order valence-corrected chi connectivity index (χ0v) is 18.4. The zero-order valence-electron chi connectivity index (χ0n) is 18.4. The summed E-state index contributed by atoms with van der Waals surface area (Å²) < 4.78 is 0. The van der Waals surface area contributed by atoms with Gasteiger partial charge in [-0.25, -0.2) is 0 Å². The van der Waals surface area contributed by atoms with Crippen LogP contribution >= 0.6 is 0 Å². The van der Waals surface area contributed by atoms with E-state index in [0.29, 0.717) is 24.0 Å². The van der Waals surface area contributed by atoms with Crippen molar-refractivity contribution in [3.63, 3.8) is 0 Å². The van der Waals surface area contributed by atoms with E-state index in [4.69, 9.17) is 5.84 Å². The Morgan fingerprint density at radius 2 is 2.06 bits per heavy atom. The van der Waals surface area contributed by atoms with Crippen molar-refractivity contribution >= 4 is 41.2 Å². The molecule has 1 unspecified atom stereocenters. The van der Waals surface area contributed by atoms with Crippen molar-refractivity contribution < 1.29 is 19.2 Å². The number of hydrogen-bond donors (Lipinski definition) is 3. The third kappa shape index (κ3) is 4.49. The molecule has 174 valence electrons. The van der Waals surface area contributed by atoms with E-state index in [1.165, 1.54) is 0 Å². The predicted octanol–water partition coefficient (Wildman–Crippen LogP) is -0.338. The van der Waals surface area contributed by atoms with E-state index in [1.807, 2.05) is 0 Å². The van der Waals surface area contributed by atoms with Crippen molar-refractivity contribution in [1.82, 2.24) is 15.5 Å². The van der Waals surface area contributed by atoms with Gasteiger partial charge in [-0.2, -0.15) is 5.10 Å². The van der Waals surface area contributed by atoms with E-state index in [9.17, 15) is 19.2 Å². The predicted molar refractivity (Wildman–Crippen MR) is 122 cm³/mol. The molecular formula is C22H27N7O4. The van der Waals surface area contributed by atoms with Crippen LogP contribution in [-0.4, -0.2) is 79.2 Å². The van der Waals surface area contributed by atoms with E-state index in [1.54, 1.807) is 36.4 Å². The lowest BCUT2D eigenvalue weighted by molar-refractivity contribution is -0.136. The molecule has 2 fully saturated rings. The molecule has 2 atom stereocenters. The Hall–Kier alpha value is -3.60. The number of piperidine rings is 1. The van der Waals surface area contributed by atoms with Crippen LogP contribution in [0.15, 0.2) is 28.3 Å². The molecule has 3 aliphatic heterocycles. The summed E-state index contributed by atoms with van der Waals surface area (Å²) in [4.78, 5) is 57.2. The Kier molecular flexibility index (Phi) is 6.50. The van der Waals surface area contributed by atoms with Gasteiger partial charge in [-0.3, -0.25) is 34.4 Å². The molecule has 1 aromatic carbocycles. The Morgan fingerprint density at radius 3 is 2.76 bits per heavy atom. The third-order valence-electron chi connectivity index (χ3n) is 6.15. The van der Waals surface area contributed by atoms with Gasteiger partial charge in [-0.15, -0.1) is 0 Å². The topological polar surface area (TPSA) is 150 Å². The van der Waals surface area contributed by atoms with Crippen LogP contribution in [0.25, 0.3) is 0 Å². The van der Waals surface area contributed by atoms with Crippen molar-refractivity contribution in [2.45, 2.75) is 37.8 Å². The minimum atomic E-state index is -1.01. The minimum Gasteiger partial charge on any atom is -0.368 e. The standard InChI is InChI=1S/C22H27N7O4/c1-28(12-14(27-23)11-24-10-13-4-3-9-25-13)16-6-2-5-15-19(16)22(33)29(21(15)32)17-7-8-18(30)26-20(17)31/h2,5-6,11,13,17,25H,3-4,7-10,12,23H2,1H3,(H,26,30,31)/t13-,17?/m0/s1. The largest absolute Gasteiger partial charge is 0.368 e. The number of carbonyl (C=O) groups excluding carboxylic acids is 4. The van der Waals surface area contributed by atoms with Gasteiger partial charge in [-0.1, -0.05) is 6.07 Å². The second kappa shape index (κ2) is 9.49. The number of benzene rings is 1. The molecule has 0 aromatic heterocycles. The summed E-state index contributed by atoms with van der Waals surface area (Å²) in [7, 11) is 1.76. The number of nitrogens with one attached hydrogen (secondary N) is 2. The van der Waals surface area contributed by atoms with Gasteiger partial charge in [0.15, 0.2) is 0 Å². The smallest absolute Gasteiger partial charge is 0.264 e.